The van der Waals surface area contributed by atoms with Crippen molar-refractivity contribution in [3.05, 3.63) is 35.1 Å². The first-order valence-electron chi connectivity index (χ1n) is 5.67. The van der Waals surface area contributed by atoms with Crippen molar-refractivity contribution in [3.63, 3.8) is 0 Å². The zero-order valence-electron chi connectivity index (χ0n) is 9.59. The highest BCUT2D eigenvalue weighted by atomic mass is 19.1. The van der Waals surface area contributed by atoms with Gasteiger partial charge in [-0.3, -0.25) is 4.79 Å². The summed E-state index contributed by atoms with van der Waals surface area (Å²) in [6.45, 7) is 3.78. The molecule has 0 saturated carbocycles. The average Bonchev–Trinajstić information content (AvgIpc) is 2.63. The van der Waals surface area contributed by atoms with Crippen LogP contribution in [-0.4, -0.2) is 11.9 Å². The smallest absolute Gasteiger partial charge is 0.220 e. The molecular formula is C13H16FNO. The van der Waals surface area contributed by atoms with E-state index in [0.29, 0.717) is 12.0 Å². The van der Waals surface area contributed by atoms with Crippen LogP contribution in [0.5, 0.6) is 0 Å². The zero-order chi connectivity index (χ0) is 11.7. The van der Waals surface area contributed by atoms with Crippen molar-refractivity contribution >= 4 is 5.91 Å². The Hall–Kier alpha value is -1.38. The summed E-state index contributed by atoms with van der Waals surface area (Å²) in [5.74, 6) is -0.00265. The number of aryl methyl sites for hydroxylation is 1. The highest BCUT2D eigenvalue weighted by molar-refractivity contribution is 5.80. The fourth-order valence-corrected chi connectivity index (χ4v) is 2.28. The quantitative estimate of drug-likeness (QED) is 0.816. The van der Waals surface area contributed by atoms with Gasteiger partial charge in [-0.15, -0.1) is 0 Å². The lowest BCUT2D eigenvalue weighted by Gasteiger charge is -2.17. The molecule has 0 radical (unpaired) electrons. The molecule has 3 heteroatoms. The Morgan fingerprint density at radius 3 is 2.88 bits per heavy atom. The Labute approximate surface area is 94.9 Å². The molecule has 0 spiro atoms. The van der Waals surface area contributed by atoms with E-state index < -0.39 is 0 Å². The topological polar surface area (TPSA) is 29.1 Å². The highest BCUT2D eigenvalue weighted by Crippen LogP contribution is 2.30. The first-order chi connectivity index (χ1) is 7.61. The predicted octanol–water partition coefficient (Wildman–Crippen LogP) is 2.52. The van der Waals surface area contributed by atoms with Crippen LogP contribution in [0.3, 0.4) is 0 Å². The molecule has 2 rings (SSSR count). The van der Waals surface area contributed by atoms with Gasteiger partial charge >= 0.3 is 0 Å². The molecule has 2 unspecified atom stereocenters. The van der Waals surface area contributed by atoms with Gasteiger partial charge in [0.25, 0.3) is 0 Å². The van der Waals surface area contributed by atoms with Crippen molar-refractivity contribution in [1.29, 1.82) is 0 Å². The van der Waals surface area contributed by atoms with Crippen LogP contribution >= 0.6 is 0 Å². The van der Waals surface area contributed by atoms with Gasteiger partial charge in [0, 0.05) is 18.4 Å². The first kappa shape index (κ1) is 11.1. The number of rotatable bonds is 2. The number of carbonyl (C=O) groups excluding carboxylic acids is 1. The minimum atomic E-state index is -0.188. The number of halogens is 1. The van der Waals surface area contributed by atoms with Gasteiger partial charge in [-0.1, -0.05) is 19.1 Å². The van der Waals surface area contributed by atoms with E-state index in [1.807, 2.05) is 13.0 Å². The minimum Gasteiger partial charge on any atom is -0.353 e. The third-order valence-electron chi connectivity index (χ3n) is 3.30. The standard InChI is InChI=1S/C13H16FNO/c1-3-12-10(7-13(16)15-12)9-5-4-8(2)11(14)6-9/h4-6,10,12H,3,7H2,1-2H3,(H,15,16). The Balaban J connectivity index is 2.29. The molecule has 1 aromatic rings. The third-order valence-corrected chi connectivity index (χ3v) is 3.30. The minimum absolute atomic E-state index is 0.0674. The molecule has 1 aromatic carbocycles. The number of nitrogens with one attached hydrogen (secondary N) is 1. The van der Waals surface area contributed by atoms with Gasteiger partial charge in [0.15, 0.2) is 0 Å². The second kappa shape index (κ2) is 4.24. The summed E-state index contributed by atoms with van der Waals surface area (Å²) in [6.07, 6.45) is 1.35. The van der Waals surface area contributed by atoms with Crippen LogP contribution < -0.4 is 5.32 Å². The number of hydrogen-bond donors (Lipinski definition) is 1. The summed E-state index contributed by atoms with van der Waals surface area (Å²) in [6, 6.07) is 5.41. The molecular weight excluding hydrogens is 205 g/mol. The van der Waals surface area contributed by atoms with Crippen LogP contribution in [0.1, 0.15) is 36.8 Å². The van der Waals surface area contributed by atoms with Crippen LogP contribution in [0.2, 0.25) is 0 Å². The summed E-state index contributed by atoms with van der Waals surface area (Å²) in [5.41, 5.74) is 1.57. The third kappa shape index (κ3) is 1.94. The number of benzene rings is 1. The molecule has 1 N–H and O–H groups in total. The molecule has 16 heavy (non-hydrogen) atoms. The fraction of sp³-hybridized carbons (Fsp3) is 0.462. The molecule has 0 aromatic heterocycles. The van der Waals surface area contributed by atoms with Crippen molar-refractivity contribution in [1.82, 2.24) is 5.32 Å². The molecule has 1 saturated heterocycles. The van der Waals surface area contributed by atoms with Gasteiger partial charge in [0.1, 0.15) is 5.82 Å². The van der Waals surface area contributed by atoms with Gasteiger partial charge in [0.05, 0.1) is 0 Å². The summed E-state index contributed by atoms with van der Waals surface area (Å²) in [4.78, 5) is 11.3. The Morgan fingerprint density at radius 2 is 2.25 bits per heavy atom. The van der Waals surface area contributed by atoms with Crippen molar-refractivity contribution in [3.8, 4) is 0 Å². The monoisotopic (exact) mass is 221 g/mol. The Bertz CT molecular complexity index is 416. The van der Waals surface area contributed by atoms with E-state index in [1.54, 1.807) is 19.1 Å². The second-order valence-corrected chi connectivity index (χ2v) is 4.40. The fourth-order valence-electron chi connectivity index (χ4n) is 2.28. The Morgan fingerprint density at radius 1 is 1.50 bits per heavy atom. The van der Waals surface area contributed by atoms with Gasteiger partial charge in [0.2, 0.25) is 5.91 Å². The Kier molecular flexibility index (Phi) is 2.95. The molecule has 1 amide bonds. The number of amides is 1. The highest BCUT2D eigenvalue weighted by Gasteiger charge is 2.32. The lowest BCUT2D eigenvalue weighted by atomic mass is 9.90. The molecule has 0 bridgehead atoms. The molecule has 1 aliphatic heterocycles. The molecule has 86 valence electrons. The van der Waals surface area contributed by atoms with Crippen molar-refractivity contribution in [2.24, 2.45) is 0 Å². The second-order valence-electron chi connectivity index (χ2n) is 4.40. The first-order valence-corrected chi connectivity index (χ1v) is 5.67. The largest absolute Gasteiger partial charge is 0.353 e. The van der Waals surface area contributed by atoms with E-state index in [1.165, 1.54) is 0 Å². The maximum absolute atomic E-state index is 13.5. The maximum atomic E-state index is 13.5. The summed E-state index contributed by atoms with van der Waals surface area (Å²) >= 11 is 0. The van der Waals surface area contributed by atoms with Gasteiger partial charge in [-0.05, 0) is 30.5 Å². The van der Waals surface area contributed by atoms with E-state index in [-0.39, 0.29) is 23.7 Å². The molecule has 2 atom stereocenters. The maximum Gasteiger partial charge on any atom is 0.220 e. The summed E-state index contributed by atoms with van der Waals surface area (Å²) < 4.78 is 13.5. The van der Waals surface area contributed by atoms with E-state index in [9.17, 15) is 9.18 Å². The lowest BCUT2D eigenvalue weighted by Crippen LogP contribution is -2.27. The van der Waals surface area contributed by atoms with Crippen molar-refractivity contribution in [2.75, 3.05) is 0 Å². The van der Waals surface area contributed by atoms with Gasteiger partial charge < -0.3 is 5.32 Å². The summed E-state index contributed by atoms with van der Waals surface area (Å²) in [7, 11) is 0. The normalized spacial score (nSPS) is 24.6. The van der Waals surface area contributed by atoms with Gasteiger partial charge in [-0.25, -0.2) is 4.39 Å². The van der Waals surface area contributed by atoms with Crippen LogP contribution in [0.25, 0.3) is 0 Å². The molecule has 2 nitrogen and oxygen atoms in total. The van der Waals surface area contributed by atoms with Crippen LogP contribution in [-0.2, 0) is 4.79 Å². The SMILES string of the molecule is CCC1NC(=O)CC1c1ccc(C)c(F)c1. The molecule has 1 aliphatic rings. The van der Waals surface area contributed by atoms with Crippen LogP contribution in [0.4, 0.5) is 4.39 Å². The zero-order valence-corrected chi connectivity index (χ0v) is 9.59. The van der Waals surface area contributed by atoms with Crippen molar-refractivity contribution in [2.45, 2.75) is 38.6 Å². The number of hydrogen-bond acceptors (Lipinski definition) is 1. The molecule has 1 fully saturated rings. The average molecular weight is 221 g/mol. The lowest BCUT2D eigenvalue weighted by molar-refractivity contribution is -0.119. The van der Waals surface area contributed by atoms with E-state index >= 15 is 0 Å². The van der Waals surface area contributed by atoms with Gasteiger partial charge in [-0.2, -0.15) is 0 Å². The number of carbonyl (C=O) groups is 1. The molecule has 0 aliphatic carbocycles. The van der Waals surface area contributed by atoms with Crippen molar-refractivity contribution < 1.29 is 9.18 Å². The van der Waals surface area contributed by atoms with E-state index in [0.717, 1.165) is 12.0 Å². The summed E-state index contributed by atoms with van der Waals surface area (Å²) in [5, 5.41) is 2.92. The van der Waals surface area contributed by atoms with Crippen LogP contribution in [0, 0.1) is 12.7 Å². The van der Waals surface area contributed by atoms with E-state index in [2.05, 4.69) is 5.32 Å². The predicted molar refractivity (Wildman–Crippen MR) is 60.7 cm³/mol. The van der Waals surface area contributed by atoms with Crippen LogP contribution in [0.15, 0.2) is 18.2 Å². The molecule has 1 heterocycles. The van der Waals surface area contributed by atoms with E-state index in [4.69, 9.17) is 0 Å².